The molecule has 6 nitrogen and oxygen atoms in total. The van der Waals surface area contributed by atoms with Gasteiger partial charge in [-0.15, -0.1) is 0 Å². The Bertz CT molecular complexity index is 1040. The first-order valence-corrected chi connectivity index (χ1v) is 9.47. The predicted octanol–water partition coefficient (Wildman–Crippen LogP) is 3.16. The molecule has 0 unspecified atom stereocenters. The van der Waals surface area contributed by atoms with E-state index in [1.807, 2.05) is 48.4 Å². The fourth-order valence-corrected chi connectivity index (χ4v) is 3.78. The van der Waals surface area contributed by atoms with E-state index in [1.165, 1.54) is 12.4 Å². The lowest BCUT2D eigenvalue weighted by molar-refractivity contribution is 0.0706. The number of benzene rings is 1. The van der Waals surface area contributed by atoms with Crippen molar-refractivity contribution in [1.29, 1.82) is 0 Å². The van der Waals surface area contributed by atoms with Crippen molar-refractivity contribution in [3.05, 3.63) is 82.3 Å². The number of aromatic amines is 1. The number of pyridine rings is 1. The first-order chi connectivity index (χ1) is 13.6. The molecule has 6 heteroatoms. The smallest absolute Gasteiger partial charge is 0.253 e. The van der Waals surface area contributed by atoms with Crippen LogP contribution in [0.4, 0.5) is 0 Å². The predicted molar refractivity (Wildman–Crippen MR) is 107 cm³/mol. The van der Waals surface area contributed by atoms with E-state index >= 15 is 0 Å². The highest BCUT2D eigenvalue weighted by Crippen LogP contribution is 2.27. The maximum atomic E-state index is 13.0. The Morgan fingerprint density at radius 3 is 2.79 bits per heavy atom. The third kappa shape index (κ3) is 3.71. The van der Waals surface area contributed by atoms with Gasteiger partial charge in [0.25, 0.3) is 11.5 Å². The lowest BCUT2D eigenvalue weighted by atomic mass is 9.94. The molecule has 2 aromatic heterocycles. The molecule has 3 heterocycles. The third-order valence-corrected chi connectivity index (χ3v) is 5.29. The molecule has 0 bridgehead atoms. The number of aryl methyl sites for hydroxylation is 1. The summed E-state index contributed by atoms with van der Waals surface area (Å²) in [4.78, 5) is 37.4. The van der Waals surface area contributed by atoms with E-state index in [2.05, 4.69) is 15.0 Å². The molecule has 1 N–H and O–H groups in total. The van der Waals surface area contributed by atoms with Crippen LogP contribution < -0.4 is 5.56 Å². The van der Waals surface area contributed by atoms with Crippen LogP contribution in [0.2, 0.25) is 0 Å². The number of piperidine rings is 1. The van der Waals surface area contributed by atoms with Gasteiger partial charge < -0.3 is 9.88 Å². The summed E-state index contributed by atoms with van der Waals surface area (Å²) < 4.78 is 0. The second kappa shape index (κ2) is 7.76. The number of H-pyrrole nitrogens is 1. The Kier molecular flexibility index (Phi) is 5.02. The molecule has 1 aliphatic heterocycles. The third-order valence-electron chi connectivity index (χ3n) is 5.29. The van der Waals surface area contributed by atoms with Gasteiger partial charge in [-0.3, -0.25) is 14.6 Å². The average Bonchev–Trinajstić information content (AvgIpc) is 2.74. The van der Waals surface area contributed by atoms with Crippen LogP contribution in [0.1, 0.15) is 40.4 Å². The fraction of sp³-hybridized carbons (Fsp3) is 0.273. The van der Waals surface area contributed by atoms with Gasteiger partial charge in [0.1, 0.15) is 0 Å². The standard InChI is InChI=1S/C22H22N4O2/c1-15-12-23-9-8-19(15)16-4-6-17(7-5-16)22(28)26-10-2-3-18(13-26)20-11-21(27)25-14-24-20/h4-9,11-12,14,18H,2-3,10,13H2,1H3,(H,24,25,27)/t18-/m1/s1. The first kappa shape index (κ1) is 18.1. The van der Waals surface area contributed by atoms with E-state index in [4.69, 9.17) is 0 Å². The molecule has 1 aliphatic rings. The Morgan fingerprint density at radius 2 is 2.04 bits per heavy atom. The molecule has 142 valence electrons. The van der Waals surface area contributed by atoms with Crippen LogP contribution in [0, 0.1) is 6.92 Å². The molecule has 3 aromatic rings. The van der Waals surface area contributed by atoms with Crippen molar-refractivity contribution < 1.29 is 4.79 Å². The zero-order valence-electron chi connectivity index (χ0n) is 15.8. The molecular weight excluding hydrogens is 352 g/mol. The first-order valence-electron chi connectivity index (χ1n) is 9.47. The minimum absolute atomic E-state index is 0.0209. The van der Waals surface area contributed by atoms with Crippen molar-refractivity contribution in [3.63, 3.8) is 0 Å². The summed E-state index contributed by atoms with van der Waals surface area (Å²) in [6.07, 6.45) is 6.88. The van der Waals surface area contributed by atoms with Crippen LogP contribution in [-0.2, 0) is 0 Å². The van der Waals surface area contributed by atoms with E-state index in [0.29, 0.717) is 12.1 Å². The molecule has 0 aliphatic carbocycles. The molecule has 0 saturated carbocycles. The molecule has 0 spiro atoms. The minimum Gasteiger partial charge on any atom is -0.338 e. The monoisotopic (exact) mass is 374 g/mol. The maximum Gasteiger partial charge on any atom is 0.253 e. The molecule has 28 heavy (non-hydrogen) atoms. The topological polar surface area (TPSA) is 79.0 Å². The van der Waals surface area contributed by atoms with E-state index in [0.717, 1.165) is 41.8 Å². The van der Waals surface area contributed by atoms with E-state index in [9.17, 15) is 9.59 Å². The summed E-state index contributed by atoms with van der Waals surface area (Å²) in [5, 5.41) is 0. The van der Waals surface area contributed by atoms with E-state index in [-0.39, 0.29) is 17.4 Å². The number of hydrogen-bond acceptors (Lipinski definition) is 4. The Morgan fingerprint density at radius 1 is 1.21 bits per heavy atom. The van der Waals surface area contributed by atoms with Gasteiger partial charge in [0.05, 0.1) is 12.0 Å². The summed E-state index contributed by atoms with van der Waals surface area (Å²) in [6.45, 7) is 3.34. The van der Waals surface area contributed by atoms with Crippen LogP contribution >= 0.6 is 0 Å². The molecule has 1 amide bonds. The van der Waals surface area contributed by atoms with Gasteiger partial charge in [0.2, 0.25) is 0 Å². The van der Waals surface area contributed by atoms with Gasteiger partial charge in [-0.1, -0.05) is 12.1 Å². The maximum absolute atomic E-state index is 13.0. The highest BCUT2D eigenvalue weighted by atomic mass is 16.2. The van der Waals surface area contributed by atoms with Crippen LogP contribution in [0.3, 0.4) is 0 Å². The van der Waals surface area contributed by atoms with Gasteiger partial charge in [-0.2, -0.15) is 0 Å². The van der Waals surface area contributed by atoms with Crippen LogP contribution in [0.15, 0.2) is 59.9 Å². The fourth-order valence-electron chi connectivity index (χ4n) is 3.78. The van der Waals surface area contributed by atoms with Gasteiger partial charge in [-0.05, 0) is 54.7 Å². The Labute approximate surface area is 163 Å². The Hall–Kier alpha value is -3.28. The number of amides is 1. The van der Waals surface area contributed by atoms with Crippen molar-refractivity contribution in [2.75, 3.05) is 13.1 Å². The second-order valence-corrected chi connectivity index (χ2v) is 7.19. The number of nitrogens with zero attached hydrogens (tertiary/aromatic N) is 3. The molecule has 1 fully saturated rings. The van der Waals surface area contributed by atoms with Gasteiger partial charge in [0.15, 0.2) is 0 Å². The van der Waals surface area contributed by atoms with E-state index in [1.54, 1.807) is 6.20 Å². The largest absolute Gasteiger partial charge is 0.338 e. The Balaban J connectivity index is 1.51. The zero-order chi connectivity index (χ0) is 19.5. The summed E-state index contributed by atoms with van der Waals surface area (Å²) in [6, 6.07) is 11.2. The number of nitrogens with one attached hydrogen (secondary N) is 1. The van der Waals surface area contributed by atoms with Gasteiger partial charge in [-0.25, -0.2) is 4.98 Å². The number of carbonyl (C=O) groups excluding carboxylic acids is 1. The van der Waals surface area contributed by atoms with Crippen molar-refractivity contribution in [2.24, 2.45) is 0 Å². The van der Waals surface area contributed by atoms with Gasteiger partial charge >= 0.3 is 0 Å². The highest BCUT2D eigenvalue weighted by molar-refractivity contribution is 5.94. The van der Waals surface area contributed by atoms with Crippen molar-refractivity contribution in [2.45, 2.75) is 25.7 Å². The van der Waals surface area contributed by atoms with Crippen molar-refractivity contribution in [3.8, 4) is 11.1 Å². The van der Waals surface area contributed by atoms with Crippen molar-refractivity contribution >= 4 is 5.91 Å². The quantitative estimate of drug-likeness (QED) is 0.764. The minimum atomic E-state index is -0.157. The molecule has 1 atom stereocenters. The SMILES string of the molecule is Cc1cnccc1-c1ccc(C(=O)N2CCC[C@@H](c3cc(=O)[nH]cn3)C2)cc1. The number of hydrogen-bond donors (Lipinski definition) is 1. The lowest BCUT2D eigenvalue weighted by Crippen LogP contribution is -2.39. The molecular formula is C22H22N4O2. The van der Waals surface area contributed by atoms with Crippen LogP contribution in [0.5, 0.6) is 0 Å². The molecule has 1 aromatic carbocycles. The lowest BCUT2D eigenvalue weighted by Gasteiger charge is -2.32. The number of likely N-dealkylation sites (tertiary alicyclic amines) is 1. The van der Waals surface area contributed by atoms with Crippen LogP contribution in [-0.4, -0.2) is 38.8 Å². The number of aromatic nitrogens is 3. The van der Waals surface area contributed by atoms with Crippen LogP contribution in [0.25, 0.3) is 11.1 Å². The average molecular weight is 374 g/mol. The number of rotatable bonds is 3. The molecule has 4 rings (SSSR count). The summed E-state index contributed by atoms with van der Waals surface area (Å²) in [5.41, 5.74) is 4.56. The number of carbonyl (C=O) groups is 1. The highest BCUT2D eigenvalue weighted by Gasteiger charge is 2.26. The van der Waals surface area contributed by atoms with E-state index < -0.39 is 0 Å². The van der Waals surface area contributed by atoms with Crippen molar-refractivity contribution in [1.82, 2.24) is 19.9 Å². The zero-order valence-corrected chi connectivity index (χ0v) is 15.8. The summed E-state index contributed by atoms with van der Waals surface area (Å²) >= 11 is 0. The molecule has 0 radical (unpaired) electrons. The summed E-state index contributed by atoms with van der Waals surface area (Å²) in [5.74, 6) is 0.117. The second-order valence-electron chi connectivity index (χ2n) is 7.19. The molecule has 1 saturated heterocycles. The normalized spacial score (nSPS) is 16.8. The summed E-state index contributed by atoms with van der Waals surface area (Å²) in [7, 11) is 0. The van der Waals surface area contributed by atoms with Gasteiger partial charge in [0, 0.05) is 43.0 Å².